The van der Waals surface area contributed by atoms with Gasteiger partial charge in [-0.05, 0) is 222 Å². The van der Waals surface area contributed by atoms with Crippen LogP contribution in [0.3, 0.4) is 0 Å². The molecule has 0 aliphatic heterocycles. The highest BCUT2D eigenvalue weighted by molar-refractivity contribution is 14.1. The largest absolute Gasteiger partial charge is 0.489 e. The molecular formula is C88H58BIO2. The highest BCUT2D eigenvalue weighted by Gasteiger charge is 2.23. The summed E-state index contributed by atoms with van der Waals surface area (Å²) >= 11 is 2.35. The summed E-state index contributed by atoms with van der Waals surface area (Å²) in [5.74, 6) is 0. The van der Waals surface area contributed by atoms with Crippen LogP contribution in [0.1, 0.15) is 0 Å². The molecule has 0 aliphatic carbocycles. The molecule has 18 aromatic carbocycles. The van der Waals surface area contributed by atoms with Crippen molar-refractivity contribution < 1.29 is 10.0 Å². The SMILES string of the molecule is Ic1ccc2c(ccc3ccccc32)c1.OB(O)c1c2ccccc2c(-c2cccc(-c3cccc4ccccc34)c2)c2ccccc12.c1cc(-c2cccc3ccccc23)cc(-c2c3ccccc3c(-c3ccc4c(ccc5ccccc54)c3)c3ccccc23)c1. The van der Waals surface area contributed by atoms with Crippen LogP contribution in [-0.2, 0) is 0 Å². The summed E-state index contributed by atoms with van der Waals surface area (Å²) in [4.78, 5) is 0. The van der Waals surface area contributed by atoms with E-state index in [4.69, 9.17) is 0 Å². The summed E-state index contributed by atoms with van der Waals surface area (Å²) in [6.45, 7) is 0. The highest BCUT2D eigenvalue weighted by atomic mass is 127. The van der Waals surface area contributed by atoms with Crippen LogP contribution < -0.4 is 5.46 Å². The van der Waals surface area contributed by atoms with Crippen LogP contribution in [-0.4, -0.2) is 17.2 Å². The fourth-order valence-electron chi connectivity index (χ4n) is 14.3. The molecule has 0 aliphatic rings. The fraction of sp³-hybridized carbons (Fsp3) is 0. The van der Waals surface area contributed by atoms with Gasteiger partial charge in [0.15, 0.2) is 0 Å². The zero-order valence-electron chi connectivity index (χ0n) is 50.2. The molecule has 2 N–H and O–H groups in total. The van der Waals surface area contributed by atoms with Crippen molar-refractivity contribution in [2.75, 3.05) is 0 Å². The minimum Gasteiger partial charge on any atom is -0.423 e. The lowest BCUT2D eigenvalue weighted by Gasteiger charge is -2.19. The van der Waals surface area contributed by atoms with Gasteiger partial charge in [0.1, 0.15) is 0 Å². The minimum atomic E-state index is -1.55. The lowest BCUT2D eigenvalue weighted by molar-refractivity contribution is 0.426. The maximum Gasteiger partial charge on any atom is 0.489 e. The molecule has 0 heterocycles. The van der Waals surface area contributed by atoms with Crippen molar-refractivity contribution >= 4 is 143 Å². The molecule has 0 bridgehead atoms. The molecule has 92 heavy (non-hydrogen) atoms. The molecule has 18 rings (SSSR count). The van der Waals surface area contributed by atoms with Gasteiger partial charge >= 0.3 is 7.12 Å². The van der Waals surface area contributed by atoms with Crippen LogP contribution in [0.4, 0.5) is 0 Å². The standard InChI is InChI=1S/C44H28.C30H21BO2.C14H9I/c1-3-16-35-29(11-1)13-10-22-37(35)31-14-9-15-33(27-31)43-39-18-5-7-20-41(39)44(42-21-8-6-19-40(42)43)34-25-26-38-32(28-34)24-23-30-12-2-4-17-36(30)38;32-31(33)30-27-16-5-3-14-25(27)29(26-15-4-6-17-28(26)30)22-12-7-11-21(19-22)24-18-8-10-20-9-1-2-13-23(20)24;15-12-7-8-14-11(9-12)6-5-10-3-1-2-4-13(10)14/h1-28H;1-19,32-33H;1-9H. The van der Waals surface area contributed by atoms with Crippen molar-refractivity contribution in [3.05, 3.63) is 343 Å². The molecule has 0 atom stereocenters. The van der Waals surface area contributed by atoms with Gasteiger partial charge in [0, 0.05) is 3.57 Å². The lowest BCUT2D eigenvalue weighted by atomic mass is 9.72. The van der Waals surface area contributed by atoms with Crippen LogP contribution >= 0.6 is 22.6 Å². The average Bonchev–Trinajstić information content (AvgIpc) is 0.750. The maximum atomic E-state index is 10.2. The van der Waals surface area contributed by atoms with E-state index >= 15 is 0 Å². The van der Waals surface area contributed by atoms with Crippen LogP contribution in [0, 0.1) is 3.57 Å². The van der Waals surface area contributed by atoms with Crippen molar-refractivity contribution in [3.63, 3.8) is 0 Å². The predicted octanol–water partition coefficient (Wildman–Crippen LogP) is 23.2. The molecule has 0 saturated heterocycles. The molecule has 4 heteroatoms. The zero-order valence-corrected chi connectivity index (χ0v) is 52.3. The smallest absolute Gasteiger partial charge is 0.423 e. The number of benzene rings is 18. The molecule has 0 radical (unpaired) electrons. The van der Waals surface area contributed by atoms with Gasteiger partial charge in [-0.2, -0.15) is 0 Å². The topological polar surface area (TPSA) is 40.5 Å². The van der Waals surface area contributed by atoms with Crippen molar-refractivity contribution in [2.24, 2.45) is 0 Å². The van der Waals surface area contributed by atoms with E-state index in [2.05, 4.69) is 326 Å². The molecule has 432 valence electrons. The monoisotopic (exact) mass is 1280 g/mol. The lowest BCUT2D eigenvalue weighted by Crippen LogP contribution is -2.31. The highest BCUT2D eigenvalue weighted by Crippen LogP contribution is 2.46. The second-order valence-electron chi connectivity index (χ2n) is 23.7. The summed E-state index contributed by atoms with van der Waals surface area (Å²) in [6, 6.07) is 121. The van der Waals surface area contributed by atoms with Gasteiger partial charge in [0.25, 0.3) is 0 Å². The summed E-state index contributed by atoms with van der Waals surface area (Å²) in [5.41, 5.74) is 12.7. The Morgan fingerprint density at radius 3 is 0.902 bits per heavy atom. The average molecular weight is 1290 g/mol. The Labute approximate surface area is 547 Å². The molecular weight excluding hydrogens is 1230 g/mol. The van der Waals surface area contributed by atoms with Gasteiger partial charge < -0.3 is 10.0 Å². The summed E-state index contributed by atoms with van der Waals surface area (Å²) in [6.07, 6.45) is 0. The number of halogens is 1. The Bertz CT molecular complexity index is 5790. The molecule has 0 saturated carbocycles. The van der Waals surface area contributed by atoms with E-state index in [1.807, 2.05) is 36.4 Å². The van der Waals surface area contributed by atoms with E-state index in [0.717, 1.165) is 38.2 Å². The number of rotatable bonds is 6. The number of hydrogen-bond donors (Lipinski definition) is 2. The summed E-state index contributed by atoms with van der Waals surface area (Å²) in [5, 5.41) is 44.7. The van der Waals surface area contributed by atoms with Gasteiger partial charge in [-0.3, -0.25) is 0 Å². The quantitative estimate of drug-likeness (QED) is 0.0754. The molecule has 18 aromatic rings. The van der Waals surface area contributed by atoms with Crippen molar-refractivity contribution in [1.82, 2.24) is 0 Å². The Hall–Kier alpha value is -10.7. The minimum absolute atomic E-state index is 0.551. The molecule has 0 aromatic heterocycles. The number of hydrogen-bond acceptors (Lipinski definition) is 2. The second-order valence-corrected chi connectivity index (χ2v) is 24.9. The van der Waals surface area contributed by atoms with Crippen molar-refractivity contribution in [2.45, 2.75) is 0 Å². The second kappa shape index (κ2) is 24.2. The number of fused-ring (bicyclic) bond motifs is 12. The van der Waals surface area contributed by atoms with Crippen LogP contribution in [0.2, 0.25) is 0 Å². The van der Waals surface area contributed by atoms with Gasteiger partial charge in [-0.25, -0.2) is 0 Å². The van der Waals surface area contributed by atoms with E-state index in [-0.39, 0.29) is 0 Å². The van der Waals surface area contributed by atoms with Gasteiger partial charge in [-0.1, -0.05) is 309 Å². The van der Waals surface area contributed by atoms with Crippen LogP contribution in [0.15, 0.2) is 340 Å². The van der Waals surface area contributed by atoms with Gasteiger partial charge in [-0.15, -0.1) is 0 Å². The van der Waals surface area contributed by atoms with E-state index < -0.39 is 7.12 Å². The van der Waals surface area contributed by atoms with E-state index in [1.165, 1.54) is 129 Å². The van der Waals surface area contributed by atoms with Crippen LogP contribution in [0.25, 0.3) is 163 Å². The molecule has 0 unspecified atom stereocenters. The Morgan fingerprint density at radius 2 is 0.478 bits per heavy atom. The Morgan fingerprint density at radius 1 is 0.196 bits per heavy atom. The predicted molar refractivity (Wildman–Crippen MR) is 404 cm³/mol. The first-order valence-electron chi connectivity index (χ1n) is 31.3. The third kappa shape index (κ3) is 10.3. The van der Waals surface area contributed by atoms with E-state index in [9.17, 15) is 10.0 Å². The van der Waals surface area contributed by atoms with Crippen LogP contribution in [0.5, 0.6) is 0 Å². The van der Waals surface area contributed by atoms with E-state index in [0.29, 0.717) is 5.46 Å². The third-order valence-corrected chi connectivity index (χ3v) is 19.1. The van der Waals surface area contributed by atoms with E-state index in [1.54, 1.807) is 0 Å². The summed E-state index contributed by atoms with van der Waals surface area (Å²) < 4.78 is 1.29. The van der Waals surface area contributed by atoms with Gasteiger partial charge in [0.05, 0.1) is 0 Å². The summed E-state index contributed by atoms with van der Waals surface area (Å²) in [7, 11) is -1.55. The first kappa shape index (κ1) is 56.5. The molecule has 0 fully saturated rings. The van der Waals surface area contributed by atoms with Crippen molar-refractivity contribution in [3.8, 4) is 55.6 Å². The first-order chi connectivity index (χ1) is 45.4. The van der Waals surface area contributed by atoms with Crippen molar-refractivity contribution in [1.29, 1.82) is 0 Å². The molecule has 0 spiro atoms. The fourth-order valence-corrected chi connectivity index (χ4v) is 14.8. The third-order valence-electron chi connectivity index (χ3n) is 18.4. The zero-order chi connectivity index (χ0) is 61.7. The van der Waals surface area contributed by atoms with Gasteiger partial charge in [0.2, 0.25) is 0 Å². The molecule has 0 amide bonds. The first-order valence-corrected chi connectivity index (χ1v) is 32.4. The Kier molecular flexibility index (Phi) is 14.9. The maximum absolute atomic E-state index is 10.2. The molecule has 2 nitrogen and oxygen atoms in total. The normalized spacial score (nSPS) is 11.4. The Balaban J connectivity index is 0.000000123.